The summed E-state index contributed by atoms with van der Waals surface area (Å²) in [6.07, 6.45) is 2.52. The third-order valence-corrected chi connectivity index (χ3v) is 3.34. The molecule has 6 heteroatoms. The van der Waals surface area contributed by atoms with Crippen LogP contribution in [0.3, 0.4) is 0 Å². The van der Waals surface area contributed by atoms with E-state index in [1.807, 2.05) is 18.0 Å². The number of non-ortho nitro benzene ring substituents is 1. The van der Waals surface area contributed by atoms with Crippen LogP contribution in [0.2, 0.25) is 0 Å². The van der Waals surface area contributed by atoms with E-state index in [9.17, 15) is 10.1 Å². The molecule has 0 aromatic heterocycles. The van der Waals surface area contributed by atoms with Crippen molar-refractivity contribution < 1.29 is 9.66 Å². The Bertz CT molecular complexity index is 535. The van der Waals surface area contributed by atoms with Crippen LogP contribution in [0.5, 0.6) is 0 Å². The Morgan fingerprint density at radius 2 is 2.30 bits per heavy atom. The molecule has 20 heavy (non-hydrogen) atoms. The van der Waals surface area contributed by atoms with E-state index in [1.54, 1.807) is 6.07 Å². The van der Waals surface area contributed by atoms with Gasteiger partial charge in [-0.15, -0.1) is 0 Å². The van der Waals surface area contributed by atoms with E-state index in [4.69, 9.17) is 10.00 Å². The molecular formula is C14H17N3O3. The first-order chi connectivity index (χ1) is 9.61. The number of likely N-dealkylation sites (N-methyl/N-ethyl adjacent to an activating group) is 1. The molecule has 0 bridgehead atoms. The summed E-state index contributed by atoms with van der Waals surface area (Å²) in [5.74, 6) is 0.731. The summed E-state index contributed by atoms with van der Waals surface area (Å²) in [5.41, 5.74) is 0.931. The number of anilines is 1. The van der Waals surface area contributed by atoms with Gasteiger partial charge in [0, 0.05) is 32.3 Å². The third-order valence-electron chi connectivity index (χ3n) is 3.34. The van der Waals surface area contributed by atoms with Gasteiger partial charge in [-0.3, -0.25) is 10.1 Å². The van der Waals surface area contributed by atoms with Gasteiger partial charge in [0.25, 0.3) is 5.69 Å². The van der Waals surface area contributed by atoms with Crippen molar-refractivity contribution in [1.29, 1.82) is 5.26 Å². The first-order valence-corrected chi connectivity index (χ1v) is 6.59. The molecule has 0 radical (unpaired) electrons. The Balaban J connectivity index is 1.95. The largest absolute Gasteiger partial charge is 0.379 e. The summed E-state index contributed by atoms with van der Waals surface area (Å²) in [6, 6.07) is 6.33. The molecule has 0 spiro atoms. The Labute approximate surface area is 117 Å². The van der Waals surface area contributed by atoms with Gasteiger partial charge >= 0.3 is 0 Å². The van der Waals surface area contributed by atoms with E-state index in [0.717, 1.165) is 12.5 Å². The second-order valence-electron chi connectivity index (χ2n) is 5.01. The summed E-state index contributed by atoms with van der Waals surface area (Å²) in [7, 11) is 1.85. The zero-order valence-electron chi connectivity index (χ0n) is 11.4. The van der Waals surface area contributed by atoms with Gasteiger partial charge in [-0.1, -0.05) is 0 Å². The number of hydrogen-bond donors (Lipinski definition) is 0. The fourth-order valence-electron chi connectivity index (χ4n) is 1.92. The van der Waals surface area contributed by atoms with Crippen molar-refractivity contribution in [1.82, 2.24) is 0 Å². The molecule has 1 fully saturated rings. The van der Waals surface area contributed by atoms with Crippen molar-refractivity contribution in [3.63, 3.8) is 0 Å². The Hall–Kier alpha value is -2.13. The molecule has 1 aromatic rings. The van der Waals surface area contributed by atoms with E-state index >= 15 is 0 Å². The van der Waals surface area contributed by atoms with Crippen LogP contribution in [0.15, 0.2) is 18.2 Å². The lowest BCUT2D eigenvalue weighted by atomic mass is 10.1. The standard InChI is InChI=1S/C14H17N3O3/c1-16(6-7-20-10-11-2-3-11)14-5-4-13(17(18)19)8-12(14)9-15/h4-5,8,11H,2-3,6-7,10H2,1H3. The highest BCUT2D eigenvalue weighted by molar-refractivity contribution is 5.62. The highest BCUT2D eigenvalue weighted by Crippen LogP contribution is 2.29. The predicted molar refractivity (Wildman–Crippen MR) is 74.6 cm³/mol. The minimum atomic E-state index is -0.497. The quantitative estimate of drug-likeness (QED) is 0.433. The molecule has 0 atom stereocenters. The first-order valence-electron chi connectivity index (χ1n) is 6.59. The SMILES string of the molecule is CN(CCOCC1CC1)c1ccc([N+](=O)[O-])cc1C#N. The van der Waals surface area contributed by atoms with Gasteiger partial charge < -0.3 is 9.64 Å². The summed E-state index contributed by atoms with van der Waals surface area (Å²) < 4.78 is 5.55. The highest BCUT2D eigenvalue weighted by atomic mass is 16.6. The van der Waals surface area contributed by atoms with Crippen molar-refractivity contribution >= 4 is 11.4 Å². The number of ether oxygens (including phenoxy) is 1. The lowest BCUT2D eigenvalue weighted by molar-refractivity contribution is -0.384. The number of hydrogen-bond acceptors (Lipinski definition) is 5. The maximum atomic E-state index is 10.7. The van der Waals surface area contributed by atoms with Crippen LogP contribution < -0.4 is 4.90 Å². The third kappa shape index (κ3) is 3.68. The molecule has 0 saturated heterocycles. The Morgan fingerprint density at radius 1 is 1.55 bits per heavy atom. The van der Waals surface area contributed by atoms with E-state index in [-0.39, 0.29) is 5.69 Å². The van der Waals surface area contributed by atoms with Crippen molar-refractivity contribution in [2.24, 2.45) is 5.92 Å². The van der Waals surface area contributed by atoms with Crippen molar-refractivity contribution in [2.45, 2.75) is 12.8 Å². The van der Waals surface area contributed by atoms with Crippen molar-refractivity contribution in [3.05, 3.63) is 33.9 Å². The van der Waals surface area contributed by atoms with E-state index in [2.05, 4.69) is 0 Å². The number of nitrogens with zero attached hydrogens (tertiary/aromatic N) is 3. The number of benzene rings is 1. The van der Waals surface area contributed by atoms with Gasteiger partial charge in [0.1, 0.15) is 6.07 Å². The maximum Gasteiger partial charge on any atom is 0.270 e. The van der Waals surface area contributed by atoms with Crippen molar-refractivity contribution in [2.75, 3.05) is 31.7 Å². The minimum absolute atomic E-state index is 0.0660. The number of rotatable bonds is 7. The highest BCUT2D eigenvalue weighted by Gasteiger charge is 2.21. The average molecular weight is 275 g/mol. The molecule has 1 aliphatic carbocycles. The van der Waals surface area contributed by atoms with E-state index < -0.39 is 4.92 Å². The molecule has 0 amide bonds. The number of nitro benzene ring substituents is 1. The summed E-state index contributed by atoms with van der Waals surface area (Å²) in [4.78, 5) is 12.1. The smallest absolute Gasteiger partial charge is 0.270 e. The van der Waals surface area contributed by atoms with Gasteiger partial charge in [0.05, 0.1) is 22.8 Å². The van der Waals surface area contributed by atoms with Crippen molar-refractivity contribution in [3.8, 4) is 6.07 Å². The number of nitro groups is 1. The fraction of sp³-hybridized carbons (Fsp3) is 0.500. The molecule has 1 aromatic carbocycles. The van der Waals surface area contributed by atoms with Gasteiger partial charge in [0.15, 0.2) is 0 Å². The molecule has 0 aliphatic heterocycles. The van der Waals surface area contributed by atoms with Crippen LogP contribution in [-0.2, 0) is 4.74 Å². The van der Waals surface area contributed by atoms with Crippen LogP contribution in [-0.4, -0.2) is 31.7 Å². The van der Waals surface area contributed by atoms with Crippen LogP contribution in [0.1, 0.15) is 18.4 Å². The second-order valence-corrected chi connectivity index (χ2v) is 5.01. The molecule has 6 nitrogen and oxygen atoms in total. The summed E-state index contributed by atoms with van der Waals surface area (Å²) >= 11 is 0. The monoisotopic (exact) mass is 275 g/mol. The van der Waals surface area contributed by atoms with Crippen LogP contribution in [0.25, 0.3) is 0 Å². The average Bonchev–Trinajstić information content (AvgIpc) is 3.26. The van der Waals surface area contributed by atoms with Crippen LogP contribution in [0, 0.1) is 27.4 Å². The minimum Gasteiger partial charge on any atom is -0.379 e. The van der Waals surface area contributed by atoms with Gasteiger partial charge in [0.2, 0.25) is 0 Å². The van der Waals surface area contributed by atoms with Gasteiger partial charge in [-0.05, 0) is 24.8 Å². The zero-order chi connectivity index (χ0) is 14.5. The molecule has 0 unspecified atom stereocenters. The first kappa shape index (κ1) is 14.3. The molecule has 1 aliphatic rings. The van der Waals surface area contributed by atoms with Gasteiger partial charge in [-0.25, -0.2) is 0 Å². The van der Waals surface area contributed by atoms with Crippen LogP contribution >= 0.6 is 0 Å². The fourth-order valence-corrected chi connectivity index (χ4v) is 1.92. The number of nitriles is 1. The zero-order valence-corrected chi connectivity index (χ0v) is 11.4. The Kier molecular flexibility index (Phi) is 4.53. The topological polar surface area (TPSA) is 79.4 Å². The molecule has 1 saturated carbocycles. The van der Waals surface area contributed by atoms with E-state index in [0.29, 0.717) is 24.4 Å². The van der Waals surface area contributed by atoms with E-state index in [1.165, 1.54) is 25.0 Å². The maximum absolute atomic E-state index is 10.7. The lowest BCUT2D eigenvalue weighted by Gasteiger charge is -2.20. The Morgan fingerprint density at radius 3 is 2.90 bits per heavy atom. The molecular weight excluding hydrogens is 258 g/mol. The molecule has 106 valence electrons. The molecule has 2 rings (SSSR count). The van der Waals surface area contributed by atoms with Gasteiger partial charge in [-0.2, -0.15) is 5.26 Å². The molecule has 0 N–H and O–H groups in total. The normalized spacial score (nSPS) is 13.8. The second kappa shape index (κ2) is 6.35. The predicted octanol–water partition coefficient (Wildman–Crippen LogP) is 2.33. The summed E-state index contributed by atoms with van der Waals surface area (Å²) in [5, 5.41) is 19.8. The molecule has 0 heterocycles. The van der Waals surface area contributed by atoms with Crippen LogP contribution in [0.4, 0.5) is 11.4 Å². The summed E-state index contributed by atoms with van der Waals surface area (Å²) in [6.45, 7) is 2.05. The lowest BCUT2D eigenvalue weighted by Crippen LogP contribution is -2.23.